The molecule has 174 valence electrons. The van der Waals surface area contributed by atoms with Crippen LogP contribution in [0.4, 0.5) is 0 Å². The first-order valence-electron chi connectivity index (χ1n) is 12.2. The monoisotopic (exact) mass is 421 g/mol. The fourth-order valence-corrected chi connectivity index (χ4v) is 3.21. The number of amides is 1. The number of allylic oxidation sites excluding steroid dienone is 5. The van der Waals surface area contributed by atoms with Crippen LogP contribution in [0.1, 0.15) is 104 Å². The van der Waals surface area contributed by atoms with E-state index in [1.807, 2.05) is 6.08 Å². The number of aliphatic hydroxyl groups excluding tert-OH is 2. The molecule has 0 rings (SSSR count). The lowest BCUT2D eigenvalue weighted by Gasteiger charge is -2.19. The summed E-state index contributed by atoms with van der Waals surface area (Å²) in [7, 11) is 0. The fraction of sp³-hybridized carbons (Fsp3) is 0.731. The second-order valence-electron chi connectivity index (χ2n) is 8.01. The van der Waals surface area contributed by atoms with Crippen LogP contribution in [0.3, 0.4) is 0 Å². The first-order valence-corrected chi connectivity index (χ1v) is 12.2. The van der Waals surface area contributed by atoms with Gasteiger partial charge in [-0.2, -0.15) is 0 Å². The zero-order chi connectivity index (χ0) is 22.3. The summed E-state index contributed by atoms with van der Waals surface area (Å²) in [6, 6.07) is -0.635. The van der Waals surface area contributed by atoms with Crippen molar-refractivity contribution in [2.75, 3.05) is 6.61 Å². The van der Waals surface area contributed by atoms with Crippen molar-refractivity contribution in [1.29, 1.82) is 0 Å². The lowest BCUT2D eigenvalue weighted by molar-refractivity contribution is -0.123. The molecule has 0 radical (unpaired) electrons. The van der Waals surface area contributed by atoms with Crippen molar-refractivity contribution in [2.24, 2.45) is 0 Å². The van der Waals surface area contributed by atoms with Crippen LogP contribution in [0.2, 0.25) is 0 Å². The molecule has 1 amide bonds. The van der Waals surface area contributed by atoms with Crippen molar-refractivity contribution in [3.8, 4) is 0 Å². The van der Waals surface area contributed by atoms with E-state index in [0.29, 0.717) is 6.42 Å². The average molecular weight is 422 g/mol. The minimum absolute atomic E-state index is 0.0902. The standard InChI is InChI=1S/C26H47NO3/c1-3-5-7-9-11-13-14-15-17-19-21-25(29)24(23-28)27-26(30)22-20-18-16-12-10-8-6-4-2/h5,7,13-14,19,21,24-25,28-29H,3-4,6,8-12,15-18,20,22-23H2,1-2H3,(H,27,30)/b7-5+,14-13+,21-19+. The van der Waals surface area contributed by atoms with E-state index in [4.69, 9.17) is 0 Å². The zero-order valence-electron chi connectivity index (χ0n) is 19.5. The van der Waals surface area contributed by atoms with Crippen LogP contribution in [0.25, 0.3) is 0 Å². The van der Waals surface area contributed by atoms with E-state index >= 15 is 0 Å². The van der Waals surface area contributed by atoms with Crippen LogP contribution in [0.15, 0.2) is 36.5 Å². The van der Waals surface area contributed by atoms with Gasteiger partial charge in [-0.3, -0.25) is 4.79 Å². The molecule has 0 aromatic rings. The lowest BCUT2D eigenvalue weighted by Crippen LogP contribution is -2.45. The highest BCUT2D eigenvalue weighted by Crippen LogP contribution is 2.10. The number of hydrogen-bond acceptors (Lipinski definition) is 3. The van der Waals surface area contributed by atoms with Crippen LogP contribution in [-0.2, 0) is 4.79 Å². The molecule has 30 heavy (non-hydrogen) atoms. The number of nitrogens with one attached hydrogen (secondary N) is 1. The maximum atomic E-state index is 12.1. The summed E-state index contributed by atoms with van der Waals surface area (Å²) >= 11 is 0. The molecule has 0 saturated carbocycles. The maximum Gasteiger partial charge on any atom is 0.220 e. The van der Waals surface area contributed by atoms with Crippen LogP contribution in [0, 0.1) is 0 Å². The van der Waals surface area contributed by atoms with Crippen molar-refractivity contribution in [1.82, 2.24) is 5.32 Å². The highest BCUT2D eigenvalue weighted by atomic mass is 16.3. The van der Waals surface area contributed by atoms with Gasteiger partial charge in [0.2, 0.25) is 5.91 Å². The third-order valence-electron chi connectivity index (χ3n) is 5.12. The molecule has 0 aliphatic rings. The highest BCUT2D eigenvalue weighted by molar-refractivity contribution is 5.76. The average Bonchev–Trinajstić information content (AvgIpc) is 2.75. The molecule has 0 aliphatic carbocycles. The molecule has 0 saturated heterocycles. The summed E-state index contributed by atoms with van der Waals surface area (Å²) in [6.45, 7) is 4.09. The Morgan fingerprint density at radius 2 is 1.33 bits per heavy atom. The third kappa shape index (κ3) is 18.6. The number of carbonyl (C=O) groups is 1. The van der Waals surface area contributed by atoms with E-state index in [-0.39, 0.29) is 12.5 Å². The van der Waals surface area contributed by atoms with Crippen molar-refractivity contribution in [3.63, 3.8) is 0 Å². The molecule has 0 fully saturated rings. The van der Waals surface area contributed by atoms with Crippen molar-refractivity contribution >= 4 is 5.91 Å². The summed E-state index contributed by atoms with van der Waals surface area (Å²) < 4.78 is 0. The van der Waals surface area contributed by atoms with Gasteiger partial charge >= 0.3 is 0 Å². The maximum absolute atomic E-state index is 12.1. The van der Waals surface area contributed by atoms with E-state index in [1.165, 1.54) is 38.5 Å². The van der Waals surface area contributed by atoms with Crippen LogP contribution < -0.4 is 5.32 Å². The second-order valence-corrected chi connectivity index (χ2v) is 8.01. The summed E-state index contributed by atoms with van der Waals surface area (Å²) in [4.78, 5) is 12.1. The molecule has 0 spiro atoms. The minimum atomic E-state index is -0.860. The van der Waals surface area contributed by atoms with Crippen LogP contribution in [0.5, 0.6) is 0 Å². The minimum Gasteiger partial charge on any atom is -0.394 e. The predicted octanol–water partition coefficient (Wildman–Crippen LogP) is 5.99. The van der Waals surface area contributed by atoms with Gasteiger partial charge in [-0.05, 0) is 38.5 Å². The van der Waals surface area contributed by atoms with Gasteiger partial charge in [0.15, 0.2) is 0 Å². The van der Waals surface area contributed by atoms with Gasteiger partial charge in [-0.25, -0.2) is 0 Å². The topological polar surface area (TPSA) is 69.6 Å². The van der Waals surface area contributed by atoms with E-state index in [0.717, 1.165) is 44.9 Å². The van der Waals surface area contributed by atoms with Crippen LogP contribution in [-0.4, -0.2) is 34.9 Å². The Bertz CT molecular complexity index is 471. The highest BCUT2D eigenvalue weighted by Gasteiger charge is 2.17. The van der Waals surface area contributed by atoms with Crippen molar-refractivity contribution < 1.29 is 15.0 Å². The van der Waals surface area contributed by atoms with E-state index < -0.39 is 12.1 Å². The van der Waals surface area contributed by atoms with Gasteiger partial charge in [0.1, 0.15) is 0 Å². The van der Waals surface area contributed by atoms with Crippen LogP contribution >= 0.6 is 0 Å². The molecule has 2 atom stereocenters. The summed E-state index contributed by atoms with van der Waals surface area (Å²) in [6.07, 6.45) is 26.4. The molecular formula is C26H47NO3. The Kier molecular flexibility index (Phi) is 21.3. The number of carbonyl (C=O) groups excluding carboxylic acids is 1. The summed E-state index contributed by atoms with van der Waals surface area (Å²) in [5.74, 6) is -0.0902. The molecule has 0 bridgehead atoms. The Labute approximate surface area is 185 Å². The molecule has 0 aliphatic heterocycles. The zero-order valence-corrected chi connectivity index (χ0v) is 19.5. The first-order chi connectivity index (χ1) is 14.7. The van der Waals surface area contributed by atoms with E-state index in [1.54, 1.807) is 6.08 Å². The molecule has 4 nitrogen and oxygen atoms in total. The van der Waals surface area contributed by atoms with Crippen molar-refractivity contribution in [3.05, 3.63) is 36.5 Å². The quantitative estimate of drug-likeness (QED) is 0.167. The lowest BCUT2D eigenvalue weighted by atomic mass is 10.1. The normalized spacial score (nSPS) is 14.1. The van der Waals surface area contributed by atoms with Gasteiger partial charge in [0.25, 0.3) is 0 Å². The molecule has 2 unspecified atom stereocenters. The van der Waals surface area contributed by atoms with E-state index in [9.17, 15) is 15.0 Å². The predicted molar refractivity (Wildman–Crippen MR) is 128 cm³/mol. The number of hydrogen-bond donors (Lipinski definition) is 3. The van der Waals surface area contributed by atoms with Gasteiger partial charge in [0.05, 0.1) is 18.8 Å². The molecular weight excluding hydrogens is 374 g/mol. The Hall–Kier alpha value is -1.39. The molecule has 0 aromatic carbocycles. The largest absolute Gasteiger partial charge is 0.394 e. The summed E-state index contributed by atoms with van der Waals surface area (Å²) in [5.41, 5.74) is 0. The number of unbranched alkanes of at least 4 members (excludes halogenated alkanes) is 9. The van der Waals surface area contributed by atoms with Gasteiger partial charge in [-0.15, -0.1) is 0 Å². The molecule has 0 aromatic heterocycles. The van der Waals surface area contributed by atoms with Gasteiger partial charge in [0, 0.05) is 6.42 Å². The SMILES string of the molecule is CC/C=C/CC/C=C/CC/C=C/C(O)C(CO)NC(=O)CCCCCCCCCC. The smallest absolute Gasteiger partial charge is 0.220 e. The number of rotatable bonds is 20. The van der Waals surface area contributed by atoms with Crippen molar-refractivity contribution in [2.45, 2.75) is 116 Å². The Balaban J connectivity index is 3.88. The fourth-order valence-electron chi connectivity index (χ4n) is 3.21. The number of aliphatic hydroxyl groups is 2. The third-order valence-corrected chi connectivity index (χ3v) is 5.12. The molecule has 0 heterocycles. The second kappa shape index (κ2) is 22.3. The Morgan fingerprint density at radius 1 is 0.800 bits per heavy atom. The summed E-state index contributed by atoms with van der Waals surface area (Å²) in [5, 5.41) is 22.5. The van der Waals surface area contributed by atoms with Gasteiger partial charge < -0.3 is 15.5 Å². The Morgan fingerprint density at radius 3 is 1.90 bits per heavy atom. The molecule has 4 heteroatoms. The van der Waals surface area contributed by atoms with E-state index in [2.05, 4.69) is 43.5 Å². The van der Waals surface area contributed by atoms with Gasteiger partial charge in [-0.1, -0.05) is 95.2 Å². The first kappa shape index (κ1) is 28.6. The molecule has 3 N–H and O–H groups in total.